The fourth-order valence-electron chi connectivity index (χ4n) is 4.61. The van der Waals surface area contributed by atoms with Crippen LogP contribution in [0.5, 0.6) is 0 Å². The third kappa shape index (κ3) is 3.90. The van der Waals surface area contributed by atoms with Crippen LogP contribution in [0.4, 0.5) is 11.6 Å². The third-order valence-corrected chi connectivity index (χ3v) is 6.20. The summed E-state index contributed by atoms with van der Waals surface area (Å²) in [6, 6.07) is 8.35. The van der Waals surface area contributed by atoms with Crippen molar-refractivity contribution in [2.24, 2.45) is 5.92 Å². The smallest absolute Gasteiger partial charge is 0.227 e. The van der Waals surface area contributed by atoms with Crippen molar-refractivity contribution in [3.63, 3.8) is 0 Å². The van der Waals surface area contributed by atoms with Gasteiger partial charge in [0, 0.05) is 48.8 Å². The van der Waals surface area contributed by atoms with Crippen LogP contribution < -0.4 is 10.6 Å². The Morgan fingerprint density at radius 1 is 1.14 bits per heavy atom. The zero-order valence-corrected chi connectivity index (χ0v) is 17.0. The normalized spacial score (nSPS) is 16.7. The zero-order chi connectivity index (χ0) is 19.6. The molecule has 5 rings (SSSR count). The Morgan fingerprint density at radius 2 is 1.97 bits per heavy atom. The predicted octanol–water partition coefficient (Wildman–Crippen LogP) is 4.09. The Hall–Kier alpha value is -2.73. The summed E-state index contributed by atoms with van der Waals surface area (Å²) in [5.41, 5.74) is 5.89. The number of anilines is 2. The summed E-state index contributed by atoms with van der Waals surface area (Å²) in [5, 5.41) is 6.93. The Labute approximate surface area is 171 Å². The molecule has 150 valence electrons. The average Bonchev–Trinajstić information content (AvgIpc) is 3.40. The van der Waals surface area contributed by atoms with E-state index < -0.39 is 0 Å². The molecule has 0 unspecified atom stereocenters. The van der Waals surface area contributed by atoms with Gasteiger partial charge >= 0.3 is 0 Å². The Bertz CT molecular complexity index is 985. The Balaban J connectivity index is 1.39. The van der Waals surface area contributed by atoms with E-state index in [1.54, 1.807) is 0 Å². The summed E-state index contributed by atoms with van der Waals surface area (Å²) < 4.78 is 2.08. The Kier molecular flexibility index (Phi) is 5.02. The van der Waals surface area contributed by atoms with Crippen molar-refractivity contribution in [1.29, 1.82) is 0 Å². The van der Waals surface area contributed by atoms with Crippen molar-refractivity contribution in [1.82, 2.24) is 24.8 Å². The molecule has 6 heteroatoms. The molecular weight excluding hydrogens is 360 g/mol. The maximum Gasteiger partial charge on any atom is 0.227 e. The second-order valence-corrected chi connectivity index (χ2v) is 8.22. The largest absolute Gasteiger partial charge is 0.324 e. The number of aromatic nitrogens is 4. The summed E-state index contributed by atoms with van der Waals surface area (Å²) in [6.07, 6.45) is 11.3. The molecule has 0 amide bonds. The lowest BCUT2D eigenvalue weighted by molar-refractivity contribution is 0.526. The molecule has 0 bridgehead atoms. The number of nitrogens with one attached hydrogen (secondary N) is 2. The lowest BCUT2D eigenvalue weighted by Crippen LogP contribution is -2.27. The number of fused-ring (bicyclic) bond motifs is 1. The molecule has 1 aliphatic heterocycles. The molecule has 0 radical (unpaired) electrons. The van der Waals surface area contributed by atoms with Gasteiger partial charge in [-0.3, -0.25) is 0 Å². The second-order valence-electron chi connectivity index (χ2n) is 8.22. The van der Waals surface area contributed by atoms with Crippen molar-refractivity contribution in [2.75, 3.05) is 11.9 Å². The lowest BCUT2D eigenvalue weighted by atomic mass is 9.96. The highest BCUT2D eigenvalue weighted by Crippen LogP contribution is 2.30. The number of rotatable bonds is 5. The van der Waals surface area contributed by atoms with Gasteiger partial charge in [0.25, 0.3) is 0 Å². The minimum absolute atomic E-state index is 0.727. The van der Waals surface area contributed by atoms with E-state index in [1.807, 2.05) is 19.3 Å². The van der Waals surface area contributed by atoms with Crippen LogP contribution in [0.25, 0.3) is 5.69 Å². The molecule has 29 heavy (non-hydrogen) atoms. The summed E-state index contributed by atoms with van der Waals surface area (Å²) in [5.74, 6) is 2.49. The van der Waals surface area contributed by atoms with Crippen LogP contribution in [0.2, 0.25) is 0 Å². The second kappa shape index (κ2) is 7.95. The van der Waals surface area contributed by atoms with Gasteiger partial charge in [-0.05, 0) is 43.5 Å². The Morgan fingerprint density at radius 3 is 2.72 bits per heavy atom. The standard InChI is InChI=1S/C23H28N6/c1-16-25-12-13-29(16)19-8-6-18(7-9-19)26-23-27-21-10-11-24-15-20(21)22(28-23)14-17-4-2-3-5-17/h6-9,12-13,17,24H,2-5,10-11,14-15H2,1H3,(H,26,27,28). The quantitative estimate of drug-likeness (QED) is 0.689. The number of hydrogen-bond donors (Lipinski definition) is 2. The minimum Gasteiger partial charge on any atom is -0.324 e. The SMILES string of the molecule is Cc1nccn1-c1ccc(Nc2nc3c(c(CC4CCCC4)n2)CNCC3)cc1. The molecule has 2 aliphatic rings. The summed E-state index contributed by atoms with van der Waals surface area (Å²) in [4.78, 5) is 14.1. The fourth-order valence-corrected chi connectivity index (χ4v) is 4.61. The van der Waals surface area contributed by atoms with Crippen LogP contribution in [0, 0.1) is 12.8 Å². The molecule has 2 N–H and O–H groups in total. The molecule has 1 aliphatic carbocycles. The summed E-state index contributed by atoms with van der Waals surface area (Å²) in [6.45, 7) is 3.90. The topological polar surface area (TPSA) is 67.7 Å². The van der Waals surface area contributed by atoms with E-state index in [0.717, 1.165) is 55.0 Å². The molecule has 1 fully saturated rings. The van der Waals surface area contributed by atoms with Gasteiger partial charge in [0.05, 0.1) is 11.4 Å². The summed E-state index contributed by atoms with van der Waals surface area (Å²) in [7, 11) is 0. The van der Waals surface area contributed by atoms with Gasteiger partial charge in [0.1, 0.15) is 5.82 Å². The van der Waals surface area contributed by atoms with Gasteiger partial charge < -0.3 is 15.2 Å². The fraction of sp³-hybridized carbons (Fsp3) is 0.435. The molecule has 6 nitrogen and oxygen atoms in total. The number of benzene rings is 1. The van der Waals surface area contributed by atoms with Crippen molar-refractivity contribution in [3.05, 3.63) is 59.4 Å². The van der Waals surface area contributed by atoms with Crippen LogP contribution >= 0.6 is 0 Å². The highest BCUT2D eigenvalue weighted by Gasteiger charge is 2.22. The molecule has 3 aromatic rings. The van der Waals surface area contributed by atoms with Crippen molar-refractivity contribution >= 4 is 11.6 Å². The van der Waals surface area contributed by atoms with Crippen LogP contribution in [-0.2, 0) is 19.4 Å². The number of imidazole rings is 1. The first kappa shape index (κ1) is 18.3. The van der Waals surface area contributed by atoms with Gasteiger partial charge in [-0.25, -0.2) is 15.0 Å². The van der Waals surface area contributed by atoms with E-state index in [4.69, 9.17) is 9.97 Å². The highest BCUT2D eigenvalue weighted by atomic mass is 15.1. The molecule has 1 saturated carbocycles. The van der Waals surface area contributed by atoms with Gasteiger partial charge in [0.15, 0.2) is 0 Å². The van der Waals surface area contributed by atoms with Crippen molar-refractivity contribution in [3.8, 4) is 5.69 Å². The van der Waals surface area contributed by atoms with Crippen LogP contribution in [0.15, 0.2) is 36.7 Å². The van der Waals surface area contributed by atoms with Crippen LogP contribution in [-0.4, -0.2) is 26.1 Å². The highest BCUT2D eigenvalue weighted by molar-refractivity contribution is 5.56. The van der Waals surface area contributed by atoms with Gasteiger partial charge in [-0.15, -0.1) is 0 Å². The predicted molar refractivity (Wildman–Crippen MR) is 115 cm³/mol. The molecule has 1 aromatic carbocycles. The van der Waals surface area contributed by atoms with E-state index in [-0.39, 0.29) is 0 Å². The van der Waals surface area contributed by atoms with Gasteiger partial charge in [0.2, 0.25) is 5.95 Å². The van der Waals surface area contributed by atoms with Gasteiger partial charge in [-0.2, -0.15) is 0 Å². The number of nitrogens with zero attached hydrogens (tertiary/aromatic N) is 4. The molecule has 2 aromatic heterocycles. The van der Waals surface area contributed by atoms with Crippen molar-refractivity contribution < 1.29 is 0 Å². The van der Waals surface area contributed by atoms with Crippen molar-refractivity contribution in [2.45, 2.75) is 52.0 Å². The number of hydrogen-bond acceptors (Lipinski definition) is 5. The number of aryl methyl sites for hydroxylation is 1. The first-order valence-electron chi connectivity index (χ1n) is 10.7. The minimum atomic E-state index is 0.727. The van der Waals surface area contributed by atoms with E-state index in [1.165, 1.54) is 42.6 Å². The molecular formula is C23H28N6. The lowest BCUT2D eigenvalue weighted by Gasteiger charge is -2.22. The summed E-state index contributed by atoms with van der Waals surface area (Å²) >= 11 is 0. The van der Waals surface area contributed by atoms with Gasteiger partial charge in [-0.1, -0.05) is 25.7 Å². The monoisotopic (exact) mass is 388 g/mol. The van der Waals surface area contributed by atoms with E-state index in [0.29, 0.717) is 0 Å². The maximum atomic E-state index is 4.95. The van der Waals surface area contributed by atoms with E-state index in [2.05, 4.69) is 44.5 Å². The first-order valence-corrected chi connectivity index (χ1v) is 10.7. The maximum absolute atomic E-state index is 4.95. The van der Waals surface area contributed by atoms with Crippen LogP contribution in [0.1, 0.15) is 48.5 Å². The third-order valence-electron chi connectivity index (χ3n) is 6.20. The molecule has 0 atom stereocenters. The molecule has 0 spiro atoms. The van der Waals surface area contributed by atoms with E-state index >= 15 is 0 Å². The average molecular weight is 389 g/mol. The van der Waals surface area contributed by atoms with E-state index in [9.17, 15) is 0 Å². The molecule has 3 heterocycles. The zero-order valence-electron chi connectivity index (χ0n) is 17.0. The van der Waals surface area contributed by atoms with Crippen LogP contribution in [0.3, 0.4) is 0 Å². The first-order chi connectivity index (χ1) is 14.3. The molecule has 0 saturated heterocycles.